The van der Waals surface area contributed by atoms with Crippen LogP contribution < -0.4 is 9.64 Å². The Balaban J connectivity index is 1.85. The Bertz CT molecular complexity index is 1150. The quantitative estimate of drug-likeness (QED) is 0.296. The molecule has 1 unspecified atom stereocenters. The van der Waals surface area contributed by atoms with E-state index in [1.807, 2.05) is 25.1 Å². The highest BCUT2D eigenvalue weighted by Crippen LogP contribution is 2.42. The van der Waals surface area contributed by atoms with E-state index in [4.69, 9.17) is 16.3 Å². The van der Waals surface area contributed by atoms with Gasteiger partial charge in [-0.05, 0) is 60.5 Å². The second-order valence-electron chi connectivity index (χ2n) is 7.43. The Morgan fingerprint density at radius 1 is 0.969 bits per heavy atom. The van der Waals surface area contributed by atoms with Crippen molar-refractivity contribution in [3.8, 4) is 5.75 Å². The van der Waals surface area contributed by atoms with Crippen LogP contribution >= 0.6 is 11.6 Å². The minimum absolute atomic E-state index is 0.0309. The number of rotatable bonds is 6. The highest BCUT2D eigenvalue weighted by molar-refractivity contribution is 6.51. The molecule has 32 heavy (non-hydrogen) atoms. The van der Waals surface area contributed by atoms with Gasteiger partial charge in [-0.25, -0.2) is 0 Å². The molecule has 1 atom stereocenters. The minimum atomic E-state index is -0.784. The van der Waals surface area contributed by atoms with Gasteiger partial charge in [-0.2, -0.15) is 0 Å². The topological polar surface area (TPSA) is 66.8 Å². The van der Waals surface area contributed by atoms with Crippen LogP contribution in [0.4, 0.5) is 5.69 Å². The van der Waals surface area contributed by atoms with E-state index in [0.717, 1.165) is 6.42 Å². The maximum atomic E-state index is 13.1. The first-order valence-corrected chi connectivity index (χ1v) is 10.7. The van der Waals surface area contributed by atoms with Crippen LogP contribution in [-0.4, -0.2) is 23.4 Å². The van der Waals surface area contributed by atoms with Crippen molar-refractivity contribution in [1.29, 1.82) is 0 Å². The van der Waals surface area contributed by atoms with Crippen molar-refractivity contribution in [2.75, 3.05) is 11.5 Å². The number of aliphatic hydroxyl groups is 1. The fraction of sp³-hybridized carbons (Fsp3) is 0.154. The molecule has 1 aliphatic heterocycles. The molecule has 5 nitrogen and oxygen atoms in total. The third kappa shape index (κ3) is 4.12. The largest absolute Gasteiger partial charge is 0.507 e. The lowest BCUT2D eigenvalue weighted by molar-refractivity contribution is -0.132. The van der Waals surface area contributed by atoms with Gasteiger partial charge in [0.15, 0.2) is 0 Å². The summed E-state index contributed by atoms with van der Waals surface area (Å²) in [5.41, 5.74) is 1.70. The summed E-state index contributed by atoms with van der Waals surface area (Å²) in [6.07, 6.45) is 0.886. The Morgan fingerprint density at radius 2 is 1.62 bits per heavy atom. The van der Waals surface area contributed by atoms with Crippen molar-refractivity contribution in [3.63, 3.8) is 0 Å². The lowest BCUT2D eigenvalue weighted by Crippen LogP contribution is -2.29. The number of anilines is 1. The number of carbonyl (C=O) groups excluding carboxylic acids is 2. The molecule has 1 aliphatic rings. The zero-order valence-corrected chi connectivity index (χ0v) is 18.3. The van der Waals surface area contributed by atoms with E-state index in [1.165, 1.54) is 4.90 Å². The Kier molecular flexibility index (Phi) is 6.28. The fourth-order valence-corrected chi connectivity index (χ4v) is 3.86. The molecule has 1 heterocycles. The highest BCUT2D eigenvalue weighted by Gasteiger charge is 2.46. The van der Waals surface area contributed by atoms with Crippen molar-refractivity contribution < 1.29 is 19.4 Å². The molecule has 4 rings (SSSR count). The van der Waals surface area contributed by atoms with Crippen molar-refractivity contribution in [3.05, 3.63) is 101 Å². The molecule has 1 N–H and O–H groups in total. The summed E-state index contributed by atoms with van der Waals surface area (Å²) >= 11 is 5.97. The summed E-state index contributed by atoms with van der Waals surface area (Å²) in [5.74, 6) is -0.972. The molecule has 0 aliphatic carbocycles. The molecule has 0 saturated carbocycles. The zero-order chi connectivity index (χ0) is 22.7. The van der Waals surface area contributed by atoms with E-state index in [-0.39, 0.29) is 11.3 Å². The van der Waals surface area contributed by atoms with Crippen LogP contribution in [0.25, 0.3) is 5.76 Å². The average molecular weight is 448 g/mol. The molecule has 0 bridgehead atoms. The predicted octanol–water partition coefficient (Wildman–Crippen LogP) is 5.76. The molecule has 0 spiro atoms. The number of hydrogen-bond acceptors (Lipinski definition) is 4. The molecule has 1 saturated heterocycles. The van der Waals surface area contributed by atoms with Crippen LogP contribution in [0.5, 0.6) is 5.75 Å². The van der Waals surface area contributed by atoms with Crippen molar-refractivity contribution in [2.24, 2.45) is 0 Å². The minimum Gasteiger partial charge on any atom is -0.507 e. The standard InChI is InChI=1S/C26H22ClNO4/c1-2-16-32-21-14-10-17(11-15-21)23-22(24(29)18-8-12-19(27)13-9-18)25(30)26(31)28(23)20-6-4-3-5-7-20/h3-15,23,29H,2,16H2,1H3/b24-22-. The molecule has 3 aromatic rings. The maximum Gasteiger partial charge on any atom is 0.300 e. The van der Waals surface area contributed by atoms with Gasteiger partial charge in [-0.15, -0.1) is 0 Å². The third-order valence-electron chi connectivity index (χ3n) is 5.27. The van der Waals surface area contributed by atoms with Crippen molar-refractivity contribution in [2.45, 2.75) is 19.4 Å². The number of ether oxygens (including phenoxy) is 1. The number of ketones is 1. The number of benzene rings is 3. The molecule has 3 aromatic carbocycles. The molecule has 0 radical (unpaired) electrons. The Morgan fingerprint density at radius 3 is 2.25 bits per heavy atom. The van der Waals surface area contributed by atoms with E-state index in [1.54, 1.807) is 60.7 Å². The summed E-state index contributed by atoms with van der Waals surface area (Å²) in [5, 5.41) is 11.6. The molecule has 0 aromatic heterocycles. The van der Waals surface area contributed by atoms with Crippen molar-refractivity contribution >= 4 is 34.7 Å². The normalized spacial score (nSPS) is 17.6. The first-order chi connectivity index (χ1) is 15.5. The summed E-state index contributed by atoms with van der Waals surface area (Å²) in [6, 6.07) is 21.9. The van der Waals surface area contributed by atoms with Gasteiger partial charge in [0, 0.05) is 16.3 Å². The number of hydrogen-bond donors (Lipinski definition) is 1. The number of halogens is 1. The maximum absolute atomic E-state index is 13.1. The molecular formula is C26H22ClNO4. The van der Waals surface area contributed by atoms with Crippen LogP contribution in [0.3, 0.4) is 0 Å². The smallest absolute Gasteiger partial charge is 0.300 e. The fourth-order valence-electron chi connectivity index (χ4n) is 3.73. The Hall–Kier alpha value is -3.57. The monoisotopic (exact) mass is 447 g/mol. The zero-order valence-electron chi connectivity index (χ0n) is 17.5. The molecule has 162 valence electrons. The SMILES string of the molecule is CCCOc1ccc(C2/C(=C(/O)c3ccc(Cl)cc3)C(=O)C(=O)N2c2ccccc2)cc1. The van der Waals surface area contributed by atoms with Gasteiger partial charge < -0.3 is 9.84 Å². The predicted molar refractivity (Wildman–Crippen MR) is 125 cm³/mol. The van der Waals surface area contributed by atoms with Crippen LogP contribution in [0.15, 0.2) is 84.4 Å². The summed E-state index contributed by atoms with van der Waals surface area (Å²) in [6.45, 7) is 2.62. The van der Waals surface area contributed by atoms with E-state index in [0.29, 0.717) is 34.2 Å². The second-order valence-corrected chi connectivity index (χ2v) is 7.87. The van der Waals surface area contributed by atoms with E-state index in [9.17, 15) is 14.7 Å². The average Bonchev–Trinajstić information content (AvgIpc) is 3.09. The van der Waals surface area contributed by atoms with E-state index < -0.39 is 17.7 Å². The van der Waals surface area contributed by atoms with Crippen LogP contribution in [0.1, 0.15) is 30.5 Å². The molecule has 1 amide bonds. The van der Waals surface area contributed by atoms with Gasteiger partial charge in [0.2, 0.25) is 0 Å². The van der Waals surface area contributed by atoms with Crippen LogP contribution in [-0.2, 0) is 9.59 Å². The highest BCUT2D eigenvalue weighted by atomic mass is 35.5. The number of aliphatic hydroxyl groups excluding tert-OH is 1. The number of amides is 1. The van der Waals surface area contributed by atoms with Crippen LogP contribution in [0, 0.1) is 0 Å². The van der Waals surface area contributed by atoms with Gasteiger partial charge in [-0.1, -0.05) is 48.9 Å². The first-order valence-electron chi connectivity index (χ1n) is 10.4. The van der Waals surface area contributed by atoms with Gasteiger partial charge in [-0.3, -0.25) is 14.5 Å². The molecular weight excluding hydrogens is 426 g/mol. The first kappa shape index (κ1) is 21.7. The second kappa shape index (κ2) is 9.28. The van der Waals surface area contributed by atoms with Gasteiger partial charge in [0.05, 0.1) is 18.2 Å². The third-order valence-corrected chi connectivity index (χ3v) is 5.52. The molecule has 6 heteroatoms. The summed E-state index contributed by atoms with van der Waals surface area (Å²) in [7, 11) is 0. The van der Waals surface area contributed by atoms with Gasteiger partial charge >= 0.3 is 0 Å². The van der Waals surface area contributed by atoms with E-state index in [2.05, 4.69) is 0 Å². The lowest BCUT2D eigenvalue weighted by atomic mass is 9.95. The molecule has 1 fully saturated rings. The summed E-state index contributed by atoms with van der Waals surface area (Å²) < 4.78 is 5.66. The number of Topliss-reactive ketones (excluding diaryl/α,β-unsaturated/α-hetero) is 1. The van der Waals surface area contributed by atoms with Crippen LogP contribution in [0.2, 0.25) is 5.02 Å². The number of para-hydroxylation sites is 1. The van der Waals surface area contributed by atoms with E-state index >= 15 is 0 Å². The summed E-state index contributed by atoms with van der Waals surface area (Å²) in [4.78, 5) is 27.6. The Labute approximate surface area is 191 Å². The lowest BCUT2D eigenvalue weighted by Gasteiger charge is -2.25. The van der Waals surface area contributed by atoms with Crippen molar-refractivity contribution in [1.82, 2.24) is 0 Å². The van der Waals surface area contributed by atoms with Gasteiger partial charge in [0.25, 0.3) is 11.7 Å². The van der Waals surface area contributed by atoms with Gasteiger partial charge in [0.1, 0.15) is 11.5 Å². The number of carbonyl (C=O) groups is 2. The number of nitrogens with zero attached hydrogens (tertiary/aromatic N) is 1.